The van der Waals surface area contributed by atoms with E-state index in [0.29, 0.717) is 19.4 Å². The van der Waals surface area contributed by atoms with Gasteiger partial charge in [-0.2, -0.15) is 17.0 Å². The molecule has 0 unspecified atom stereocenters. The molecule has 3 nitrogen and oxygen atoms in total. The van der Waals surface area contributed by atoms with Crippen LogP contribution in [0, 0.1) is 16.7 Å². The molecule has 0 atom stereocenters. The van der Waals surface area contributed by atoms with E-state index in [1.165, 1.54) is 32.1 Å². The molecule has 1 fully saturated rings. The van der Waals surface area contributed by atoms with Crippen LogP contribution in [0.25, 0.3) is 0 Å². The Hall–Kier alpha value is -0.690. The molecule has 1 N–H and O–H groups in total. The largest absolute Gasteiger partial charge is 0.353 e. The van der Waals surface area contributed by atoms with E-state index in [1.807, 2.05) is 25.6 Å². The lowest BCUT2D eigenvalue weighted by molar-refractivity contribution is -0.128. The number of thioether (sulfide) groups is 1. The number of carbonyl (C=O) groups is 1. The van der Waals surface area contributed by atoms with Crippen molar-refractivity contribution in [3.63, 3.8) is 0 Å². The van der Waals surface area contributed by atoms with Crippen molar-refractivity contribution in [3.05, 3.63) is 0 Å². The number of carbonyl (C=O) groups excluding carboxylic acids is 1. The van der Waals surface area contributed by atoms with Gasteiger partial charge in [0.15, 0.2) is 0 Å². The van der Waals surface area contributed by atoms with E-state index >= 15 is 0 Å². The Morgan fingerprint density at radius 2 is 1.89 bits per heavy atom. The van der Waals surface area contributed by atoms with Crippen LogP contribution in [0.3, 0.4) is 0 Å². The summed E-state index contributed by atoms with van der Waals surface area (Å²) in [6.07, 6.45) is 9.45. The predicted molar refractivity (Wildman–Crippen MR) is 81.0 cm³/mol. The molecule has 19 heavy (non-hydrogen) atoms. The van der Waals surface area contributed by atoms with Gasteiger partial charge in [0.2, 0.25) is 5.91 Å². The zero-order chi connectivity index (χ0) is 14.4. The second-order valence-electron chi connectivity index (χ2n) is 5.53. The second kappa shape index (κ2) is 7.19. The van der Waals surface area contributed by atoms with Crippen LogP contribution in [-0.4, -0.2) is 23.5 Å². The lowest BCUT2D eigenvalue weighted by atomic mass is 9.82. The highest BCUT2D eigenvalue weighted by Crippen LogP contribution is 2.38. The Morgan fingerprint density at radius 3 is 2.32 bits per heavy atom. The topological polar surface area (TPSA) is 52.9 Å². The lowest BCUT2D eigenvalue weighted by Gasteiger charge is -2.36. The summed E-state index contributed by atoms with van der Waals surface area (Å²) < 4.78 is 0.191. The van der Waals surface area contributed by atoms with Crippen molar-refractivity contribution in [2.24, 2.45) is 5.41 Å². The van der Waals surface area contributed by atoms with Crippen molar-refractivity contribution in [1.29, 1.82) is 5.26 Å². The number of rotatable bonds is 6. The van der Waals surface area contributed by atoms with Crippen LogP contribution in [0.15, 0.2) is 0 Å². The van der Waals surface area contributed by atoms with Crippen LogP contribution in [0.1, 0.15) is 58.8 Å². The zero-order valence-corrected chi connectivity index (χ0v) is 13.2. The van der Waals surface area contributed by atoms with Crippen LogP contribution in [-0.2, 0) is 4.79 Å². The highest BCUT2D eigenvalue weighted by Gasteiger charge is 2.37. The van der Waals surface area contributed by atoms with Crippen molar-refractivity contribution < 1.29 is 4.79 Å². The molecule has 1 aliphatic rings. The Kier molecular flexibility index (Phi) is 6.19. The molecule has 108 valence electrons. The van der Waals surface area contributed by atoms with Crippen molar-refractivity contribution >= 4 is 17.7 Å². The summed E-state index contributed by atoms with van der Waals surface area (Å²) in [7, 11) is 0. The molecule has 0 bridgehead atoms. The van der Waals surface area contributed by atoms with E-state index in [9.17, 15) is 10.1 Å². The van der Waals surface area contributed by atoms with Gasteiger partial charge in [-0.25, -0.2) is 0 Å². The minimum Gasteiger partial charge on any atom is -0.353 e. The maximum atomic E-state index is 12.3. The van der Waals surface area contributed by atoms with E-state index in [0.717, 1.165) is 0 Å². The fraction of sp³-hybridized carbons (Fsp3) is 0.867. The fourth-order valence-corrected chi connectivity index (χ4v) is 3.75. The Morgan fingerprint density at radius 1 is 1.32 bits per heavy atom. The lowest BCUT2D eigenvalue weighted by Crippen LogP contribution is -2.47. The van der Waals surface area contributed by atoms with Crippen LogP contribution in [0.4, 0.5) is 0 Å². The summed E-state index contributed by atoms with van der Waals surface area (Å²) in [5.41, 5.74) is -0.839. The Bertz CT molecular complexity index is 339. The molecule has 0 aromatic rings. The van der Waals surface area contributed by atoms with Gasteiger partial charge >= 0.3 is 0 Å². The van der Waals surface area contributed by atoms with Gasteiger partial charge in [-0.05, 0) is 31.9 Å². The molecule has 0 radical (unpaired) electrons. The van der Waals surface area contributed by atoms with E-state index in [4.69, 9.17) is 0 Å². The van der Waals surface area contributed by atoms with Crippen LogP contribution in [0.5, 0.6) is 0 Å². The molecule has 1 amide bonds. The van der Waals surface area contributed by atoms with Crippen LogP contribution >= 0.6 is 11.8 Å². The van der Waals surface area contributed by atoms with E-state index in [-0.39, 0.29) is 10.7 Å². The number of hydrogen-bond donors (Lipinski definition) is 1. The first kappa shape index (κ1) is 16.4. The third kappa shape index (κ3) is 3.66. The predicted octanol–water partition coefficient (Wildman–Crippen LogP) is 3.50. The minimum absolute atomic E-state index is 0.0843. The molecule has 4 heteroatoms. The van der Waals surface area contributed by atoms with Gasteiger partial charge in [0.1, 0.15) is 5.41 Å². The third-order valence-corrected chi connectivity index (χ3v) is 6.04. The summed E-state index contributed by atoms with van der Waals surface area (Å²) in [6, 6.07) is 2.21. The quantitative estimate of drug-likeness (QED) is 0.811. The first-order valence-electron chi connectivity index (χ1n) is 7.33. The SMILES string of the molecule is CCC(C#N)(CC)C(=O)NCC1(SC)CCCCC1. The van der Waals surface area contributed by atoms with Crippen molar-refractivity contribution in [2.75, 3.05) is 12.8 Å². The fourth-order valence-electron chi connectivity index (χ4n) is 2.84. The molecule has 0 spiro atoms. The minimum atomic E-state index is -0.839. The molecule has 0 aromatic carbocycles. The Balaban J connectivity index is 2.64. The first-order chi connectivity index (χ1) is 9.08. The average Bonchev–Trinajstić information content (AvgIpc) is 2.48. The van der Waals surface area contributed by atoms with Crippen LogP contribution < -0.4 is 5.32 Å². The van der Waals surface area contributed by atoms with Crippen molar-refractivity contribution in [1.82, 2.24) is 5.32 Å². The number of nitriles is 1. The highest BCUT2D eigenvalue weighted by atomic mass is 32.2. The highest BCUT2D eigenvalue weighted by molar-refractivity contribution is 8.00. The molecular weight excluding hydrogens is 256 g/mol. The number of nitrogens with zero attached hydrogens (tertiary/aromatic N) is 1. The van der Waals surface area contributed by atoms with Gasteiger partial charge in [-0.15, -0.1) is 0 Å². The molecule has 0 saturated heterocycles. The van der Waals surface area contributed by atoms with Gasteiger partial charge in [0.05, 0.1) is 6.07 Å². The maximum absolute atomic E-state index is 12.3. The van der Waals surface area contributed by atoms with Gasteiger partial charge in [0, 0.05) is 11.3 Å². The second-order valence-corrected chi connectivity index (χ2v) is 6.81. The Labute approximate surface area is 121 Å². The van der Waals surface area contributed by atoms with Gasteiger partial charge < -0.3 is 5.32 Å². The summed E-state index contributed by atoms with van der Waals surface area (Å²) in [5.74, 6) is -0.0843. The van der Waals surface area contributed by atoms with E-state index in [2.05, 4.69) is 17.6 Å². The number of hydrogen-bond acceptors (Lipinski definition) is 3. The first-order valence-corrected chi connectivity index (χ1v) is 8.55. The van der Waals surface area contributed by atoms with Gasteiger partial charge in [-0.3, -0.25) is 4.79 Å². The third-order valence-electron chi connectivity index (χ3n) is 4.62. The molecule has 0 heterocycles. The summed E-state index contributed by atoms with van der Waals surface area (Å²) in [6.45, 7) is 4.53. The van der Waals surface area contributed by atoms with Crippen LogP contribution in [0.2, 0.25) is 0 Å². The molecule has 1 aliphatic carbocycles. The van der Waals surface area contributed by atoms with Gasteiger partial charge in [-0.1, -0.05) is 33.1 Å². The molecule has 1 saturated carbocycles. The van der Waals surface area contributed by atoms with E-state index < -0.39 is 5.41 Å². The standard InChI is InChI=1S/C15H26N2OS/c1-4-14(5-2,11-16)13(18)17-12-15(19-3)9-7-6-8-10-15/h4-10,12H2,1-3H3,(H,17,18). The molecule has 0 aliphatic heterocycles. The van der Waals surface area contributed by atoms with Gasteiger partial charge in [0.25, 0.3) is 0 Å². The average molecular weight is 282 g/mol. The molecule has 0 aromatic heterocycles. The zero-order valence-electron chi connectivity index (χ0n) is 12.4. The smallest absolute Gasteiger partial charge is 0.240 e. The molecular formula is C15H26N2OS. The summed E-state index contributed by atoms with van der Waals surface area (Å²) >= 11 is 1.87. The van der Waals surface area contributed by atoms with E-state index in [1.54, 1.807) is 0 Å². The number of amides is 1. The van der Waals surface area contributed by atoms with Crippen molar-refractivity contribution in [2.45, 2.75) is 63.5 Å². The van der Waals surface area contributed by atoms with Crippen molar-refractivity contribution in [3.8, 4) is 6.07 Å². The summed E-state index contributed by atoms with van der Waals surface area (Å²) in [4.78, 5) is 12.3. The monoisotopic (exact) mass is 282 g/mol. The molecule has 1 rings (SSSR count). The maximum Gasteiger partial charge on any atom is 0.240 e. The normalized spacial score (nSPS) is 18.6. The number of nitrogens with one attached hydrogen (secondary N) is 1. The summed E-state index contributed by atoms with van der Waals surface area (Å²) in [5, 5.41) is 12.3.